The average Bonchev–Trinajstić information content (AvgIpc) is 2.99. The van der Waals surface area contributed by atoms with E-state index in [0.29, 0.717) is 5.84 Å². The van der Waals surface area contributed by atoms with Crippen LogP contribution in [0.15, 0.2) is 41.7 Å². The number of rotatable bonds is 0. The highest BCUT2D eigenvalue weighted by molar-refractivity contribution is 6.07. The van der Waals surface area contributed by atoms with E-state index in [-0.39, 0.29) is 11.1 Å². The molecular weight excluding hydrogens is 339 g/mol. The molecular formula is C20H18F3N3. The topological polar surface area (TPSA) is 30.2 Å². The van der Waals surface area contributed by atoms with Crippen molar-refractivity contribution in [2.75, 3.05) is 0 Å². The molecule has 6 heteroatoms. The third-order valence-corrected chi connectivity index (χ3v) is 5.19. The summed E-state index contributed by atoms with van der Waals surface area (Å²) >= 11 is 0. The maximum atomic E-state index is 14.9. The third-order valence-electron chi connectivity index (χ3n) is 5.19. The van der Waals surface area contributed by atoms with E-state index in [4.69, 9.17) is 0 Å². The Kier molecular flexibility index (Phi) is 3.36. The zero-order chi connectivity index (χ0) is 18.9. The first-order chi connectivity index (χ1) is 12.1. The average molecular weight is 357 g/mol. The van der Waals surface area contributed by atoms with Crippen molar-refractivity contribution < 1.29 is 13.2 Å². The Balaban J connectivity index is 2.04. The molecule has 0 saturated heterocycles. The van der Waals surface area contributed by atoms with E-state index in [9.17, 15) is 13.2 Å². The van der Waals surface area contributed by atoms with Crippen LogP contribution < -0.4 is 0 Å². The Morgan fingerprint density at radius 2 is 1.77 bits per heavy atom. The fourth-order valence-electron chi connectivity index (χ4n) is 3.37. The molecule has 0 N–H and O–H groups in total. The van der Waals surface area contributed by atoms with Crippen LogP contribution in [0.2, 0.25) is 0 Å². The molecule has 1 aromatic heterocycles. The van der Waals surface area contributed by atoms with Crippen LogP contribution in [0.25, 0.3) is 11.0 Å². The fraction of sp³-hybridized carbons (Fsp3) is 0.300. The Morgan fingerprint density at radius 3 is 2.50 bits per heavy atom. The lowest BCUT2D eigenvalue weighted by Gasteiger charge is -2.37. The van der Waals surface area contributed by atoms with Gasteiger partial charge in [-0.1, -0.05) is 6.07 Å². The van der Waals surface area contributed by atoms with E-state index in [1.165, 1.54) is 26.0 Å². The summed E-state index contributed by atoms with van der Waals surface area (Å²) in [5.74, 6) is -3.62. The molecule has 2 heterocycles. The second-order valence-electron chi connectivity index (χ2n) is 7.25. The maximum absolute atomic E-state index is 14.9. The van der Waals surface area contributed by atoms with Gasteiger partial charge in [0.25, 0.3) is 5.92 Å². The van der Waals surface area contributed by atoms with Crippen LogP contribution in [0.4, 0.5) is 13.2 Å². The molecule has 1 aliphatic heterocycles. The van der Waals surface area contributed by atoms with Gasteiger partial charge < -0.3 is 0 Å². The molecule has 3 aromatic rings. The predicted octanol–water partition coefficient (Wildman–Crippen LogP) is 4.97. The molecule has 0 bridgehead atoms. The van der Waals surface area contributed by atoms with Gasteiger partial charge in [-0.25, -0.2) is 9.37 Å². The van der Waals surface area contributed by atoms with Gasteiger partial charge in [-0.05, 0) is 63.1 Å². The maximum Gasteiger partial charge on any atom is 0.298 e. The minimum absolute atomic E-state index is 0.216. The van der Waals surface area contributed by atoms with Gasteiger partial charge in [-0.3, -0.25) is 9.56 Å². The molecule has 3 nitrogen and oxygen atoms in total. The molecule has 0 radical (unpaired) electrons. The van der Waals surface area contributed by atoms with Crippen LogP contribution in [-0.4, -0.2) is 20.9 Å². The quantitative estimate of drug-likeness (QED) is 0.559. The fourth-order valence-corrected chi connectivity index (χ4v) is 3.37. The summed E-state index contributed by atoms with van der Waals surface area (Å²) in [6.07, 6.45) is 1.59. The SMILES string of the molecule is Cc1ccc2c(ncn2C2=NC(C)(C)C(F)(F)c3cc(F)ccc32)c1C. The highest BCUT2D eigenvalue weighted by Gasteiger charge is 2.53. The number of aliphatic imine (C=N–C) groups is 1. The van der Waals surface area contributed by atoms with Crippen LogP contribution in [0, 0.1) is 19.7 Å². The minimum atomic E-state index is -3.28. The summed E-state index contributed by atoms with van der Waals surface area (Å²) in [6.45, 7) is 6.68. The number of nitrogens with zero attached hydrogens (tertiary/aromatic N) is 3. The lowest BCUT2D eigenvalue weighted by atomic mass is 9.84. The minimum Gasteiger partial charge on any atom is -0.283 e. The van der Waals surface area contributed by atoms with Gasteiger partial charge in [0.05, 0.1) is 11.0 Å². The number of alkyl halides is 2. The van der Waals surface area contributed by atoms with Crippen molar-refractivity contribution in [3.63, 3.8) is 0 Å². The predicted molar refractivity (Wildman–Crippen MR) is 95.5 cm³/mol. The zero-order valence-electron chi connectivity index (χ0n) is 14.9. The summed E-state index contributed by atoms with van der Waals surface area (Å²) in [6, 6.07) is 7.30. The molecule has 0 saturated carbocycles. The van der Waals surface area contributed by atoms with Crippen LogP contribution in [-0.2, 0) is 5.92 Å². The first-order valence-corrected chi connectivity index (χ1v) is 8.35. The van der Waals surface area contributed by atoms with Crippen molar-refractivity contribution in [3.8, 4) is 0 Å². The summed E-state index contributed by atoms with van der Waals surface area (Å²) in [5.41, 5.74) is 1.87. The van der Waals surface area contributed by atoms with Gasteiger partial charge in [0.15, 0.2) is 0 Å². The monoisotopic (exact) mass is 357 g/mol. The van der Waals surface area contributed by atoms with Crippen LogP contribution in [0.1, 0.15) is 36.1 Å². The lowest BCUT2D eigenvalue weighted by molar-refractivity contribution is -0.0686. The Labute approximate surface area is 149 Å². The number of imidazole rings is 1. The van der Waals surface area contributed by atoms with Crippen LogP contribution in [0.5, 0.6) is 0 Å². The standard InChI is InChI=1S/C20H18F3N3/c1-11-5-8-16-17(12(11)2)24-10-26(16)18-14-7-6-13(21)9-15(14)20(22,23)19(3,4)25-18/h5-10H,1-4H3. The molecule has 0 aliphatic carbocycles. The first kappa shape index (κ1) is 16.8. The van der Waals surface area contributed by atoms with Gasteiger partial charge in [0, 0.05) is 11.1 Å². The van der Waals surface area contributed by atoms with Gasteiger partial charge in [0.1, 0.15) is 23.5 Å². The highest BCUT2D eigenvalue weighted by Crippen LogP contribution is 2.46. The van der Waals surface area contributed by atoms with Crippen molar-refractivity contribution in [1.29, 1.82) is 0 Å². The molecule has 0 spiro atoms. The lowest BCUT2D eigenvalue weighted by Crippen LogP contribution is -2.45. The smallest absolute Gasteiger partial charge is 0.283 e. The van der Waals surface area contributed by atoms with Crippen molar-refractivity contribution in [2.24, 2.45) is 4.99 Å². The molecule has 0 atom stereocenters. The Bertz CT molecular complexity index is 1080. The van der Waals surface area contributed by atoms with E-state index in [2.05, 4.69) is 9.98 Å². The Morgan fingerprint density at radius 1 is 1.04 bits per heavy atom. The zero-order valence-corrected chi connectivity index (χ0v) is 14.9. The van der Waals surface area contributed by atoms with Gasteiger partial charge >= 0.3 is 0 Å². The van der Waals surface area contributed by atoms with Crippen molar-refractivity contribution >= 4 is 16.9 Å². The van der Waals surface area contributed by atoms with Gasteiger partial charge in [-0.2, -0.15) is 8.78 Å². The largest absolute Gasteiger partial charge is 0.298 e. The van der Waals surface area contributed by atoms with Crippen molar-refractivity contribution in [3.05, 3.63) is 64.7 Å². The molecule has 0 unspecified atom stereocenters. The van der Waals surface area contributed by atoms with Crippen LogP contribution in [0.3, 0.4) is 0 Å². The molecule has 4 rings (SSSR count). The van der Waals surface area contributed by atoms with Crippen LogP contribution >= 0.6 is 0 Å². The molecule has 2 aromatic carbocycles. The van der Waals surface area contributed by atoms with E-state index >= 15 is 0 Å². The number of fused-ring (bicyclic) bond motifs is 2. The van der Waals surface area contributed by atoms with E-state index in [1.54, 1.807) is 10.9 Å². The van der Waals surface area contributed by atoms with Gasteiger partial charge in [-0.15, -0.1) is 0 Å². The summed E-state index contributed by atoms with van der Waals surface area (Å²) in [7, 11) is 0. The summed E-state index contributed by atoms with van der Waals surface area (Å²) in [5, 5.41) is 0. The summed E-state index contributed by atoms with van der Waals surface area (Å²) in [4.78, 5) is 8.80. The number of aryl methyl sites for hydroxylation is 2. The molecule has 0 fully saturated rings. The van der Waals surface area contributed by atoms with E-state index < -0.39 is 17.3 Å². The van der Waals surface area contributed by atoms with E-state index in [0.717, 1.165) is 28.2 Å². The van der Waals surface area contributed by atoms with Crippen molar-refractivity contribution in [2.45, 2.75) is 39.2 Å². The molecule has 0 amide bonds. The number of benzene rings is 2. The van der Waals surface area contributed by atoms with Gasteiger partial charge in [0.2, 0.25) is 0 Å². The number of aromatic nitrogens is 2. The van der Waals surface area contributed by atoms with Crippen molar-refractivity contribution in [1.82, 2.24) is 9.55 Å². The number of halogens is 3. The summed E-state index contributed by atoms with van der Waals surface area (Å²) < 4.78 is 45.2. The normalized spacial score (nSPS) is 17.9. The first-order valence-electron chi connectivity index (χ1n) is 8.35. The highest BCUT2D eigenvalue weighted by atomic mass is 19.3. The molecule has 1 aliphatic rings. The number of hydrogen-bond donors (Lipinski definition) is 0. The number of hydrogen-bond acceptors (Lipinski definition) is 2. The molecule has 26 heavy (non-hydrogen) atoms. The molecule has 134 valence electrons. The Hall–Kier alpha value is -2.63. The van der Waals surface area contributed by atoms with E-state index in [1.807, 2.05) is 26.0 Å². The second-order valence-corrected chi connectivity index (χ2v) is 7.25. The second kappa shape index (κ2) is 5.19. The third kappa shape index (κ3) is 2.14.